The van der Waals surface area contributed by atoms with E-state index in [1.165, 1.54) is 0 Å². The first-order valence-corrected chi connectivity index (χ1v) is 6.49. The third kappa shape index (κ3) is 4.46. The molecule has 1 fully saturated rings. The molecule has 1 rings (SSSR count). The molecule has 0 aliphatic heterocycles. The number of nitrogens with two attached hydrogens (primary N) is 1. The highest BCUT2D eigenvalue weighted by Gasteiger charge is 2.43. The summed E-state index contributed by atoms with van der Waals surface area (Å²) in [6.45, 7) is 7.21. The van der Waals surface area contributed by atoms with Gasteiger partial charge in [-0.05, 0) is 53.4 Å². The van der Waals surface area contributed by atoms with Crippen molar-refractivity contribution in [3.63, 3.8) is 0 Å². The summed E-state index contributed by atoms with van der Waals surface area (Å²) in [5.74, 6) is 0. The van der Waals surface area contributed by atoms with Gasteiger partial charge >= 0.3 is 6.09 Å². The van der Waals surface area contributed by atoms with Crippen LogP contribution in [0.25, 0.3) is 0 Å². The van der Waals surface area contributed by atoms with Gasteiger partial charge in [-0.2, -0.15) is 0 Å². The van der Waals surface area contributed by atoms with Crippen molar-refractivity contribution in [3.05, 3.63) is 0 Å². The number of rotatable bonds is 4. The second-order valence-electron chi connectivity index (χ2n) is 6.75. The summed E-state index contributed by atoms with van der Waals surface area (Å²) in [6, 6.07) is 0. The van der Waals surface area contributed by atoms with Crippen molar-refractivity contribution in [2.75, 3.05) is 6.61 Å². The smallest absolute Gasteiger partial charge is 0.408 e. The van der Waals surface area contributed by atoms with Gasteiger partial charge in [0.05, 0.1) is 6.61 Å². The Morgan fingerprint density at radius 2 is 1.94 bits per heavy atom. The summed E-state index contributed by atoms with van der Waals surface area (Å²) in [4.78, 5) is 11.8. The quantitative estimate of drug-likeness (QED) is 0.714. The van der Waals surface area contributed by atoms with Crippen LogP contribution in [-0.4, -0.2) is 34.5 Å². The van der Waals surface area contributed by atoms with Gasteiger partial charge in [-0.15, -0.1) is 0 Å². The number of hydrogen-bond donors (Lipinski definition) is 3. The molecule has 5 nitrogen and oxygen atoms in total. The first-order valence-electron chi connectivity index (χ1n) is 6.49. The molecule has 5 heteroatoms. The summed E-state index contributed by atoms with van der Waals surface area (Å²) in [5.41, 5.74) is 4.49. The predicted molar refractivity (Wildman–Crippen MR) is 70.2 cm³/mol. The Bertz CT molecular complexity index is 304. The maximum Gasteiger partial charge on any atom is 0.408 e. The van der Waals surface area contributed by atoms with Crippen LogP contribution in [0, 0.1) is 0 Å². The van der Waals surface area contributed by atoms with Gasteiger partial charge in [-0.25, -0.2) is 4.79 Å². The van der Waals surface area contributed by atoms with Gasteiger partial charge in [0, 0.05) is 11.1 Å². The van der Waals surface area contributed by atoms with Gasteiger partial charge in [0.1, 0.15) is 5.60 Å². The molecule has 0 bridgehead atoms. The average Bonchev–Trinajstić information content (AvgIpc) is 2.11. The lowest BCUT2D eigenvalue weighted by atomic mass is 9.70. The first-order chi connectivity index (χ1) is 8.08. The summed E-state index contributed by atoms with van der Waals surface area (Å²) >= 11 is 0. The standard InChI is InChI=1S/C13H26N2O3/c1-11(2,3)18-10(17)15-13(6-5-7-13)8-12(4,14)9-16/h16H,5-9,14H2,1-4H3,(H,15,17). The summed E-state index contributed by atoms with van der Waals surface area (Å²) in [5, 5.41) is 12.2. The second-order valence-corrected chi connectivity index (χ2v) is 6.75. The Morgan fingerprint density at radius 1 is 1.39 bits per heavy atom. The average molecular weight is 258 g/mol. The molecular weight excluding hydrogens is 232 g/mol. The van der Waals surface area contributed by atoms with Crippen LogP contribution in [0.5, 0.6) is 0 Å². The Morgan fingerprint density at radius 3 is 2.28 bits per heavy atom. The Labute approximate surface area is 109 Å². The minimum Gasteiger partial charge on any atom is -0.444 e. The van der Waals surface area contributed by atoms with E-state index < -0.39 is 17.2 Å². The lowest BCUT2D eigenvalue weighted by molar-refractivity contribution is 0.0311. The number of aliphatic hydroxyl groups is 1. The third-order valence-corrected chi connectivity index (χ3v) is 3.18. The number of amides is 1. The van der Waals surface area contributed by atoms with E-state index in [4.69, 9.17) is 10.5 Å². The molecule has 106 valence electrons. The molecule has 0 heterocycles. The summed E-state index contributed by atoms with van der Waals surface area (Å²) in [7, 11) is 0. The van der Waals surface area contributed by atoms with Gasteiger partial charge in [-0.1, -0.05) is 0 Å². The maximum atomic E-state index is 11.8. The van der Waals surface area contributed by atoms with Gasteiger partial charge in [0.15, 0.2) is 0 Å². The van der Waals surface area contributed by atoms with E-state index in [9.17, 15) is 9.90 Å². The number of alkyl carbamates (subject to hydrolysis) is 1. The molecule has 0 aromatic carbocycles. The molecule has 0 radical (unpaired) electrons. The van der Waals surface area contributed by atoms with Crippen LogP contribution < -0.4 is 11.1 Å². The normalized spacial score (nSPS) is 21.7. The zero-order valence-corrected chi connectivity index (χ0v) is 11.9. The van der Waals surface area contributed by atoms with Crippen molar-refractivity contribution in [1.82, 2.24) is 5.32 Å². The lowest BCUT2D eigenvalue weighted by Crippen LogP contribution is -2.60. The highest BCUT2D eigenvalue weighted by molar-refractivity contribution is 5.69. The topological polar surface area (TPSA) is 84.6 Å². The highest BCUT2D eigenvalue weighted by atomic mass is 16.6. The monoisotopic (exact) mass is 258 g/mol. The largest absolute Gasteiger partial charge is 0.444 e. The van der Waals surface area contributed by atoms with Crippen molar-refractivity contribution >= 4 is 6.09 Å². The zero-order valence-electron chi connectivity index (χ0n) is 11.9. The molecule has 1 unspecified atom stereocenters. The summed E-state index contributed by atoms with van der Waals surface area (Å²) in [6.07, 6.45) is 3.00. The minimum absolute atomic E-state index is 0.0925. The molecule has 1 aliphatic carbocycles. The Kier molecular flexibility index (Phi) is 4.28. The predicted octanol–water partition coefficient (Wildman–Crippen LogP) is 1.53. The van der Waals surface area contributed by atoms with Gasteiger partial charge in [0.2, 0.25) is 0 Å². The zero-order chi connectivity index (χ0) is 14.0. The fourth-order valence-electron chi connectivity index (χ4n) is 2.30. The van der Waals surface area contributed by atoms with Crippen LogP contribution in [0.4, 0.5) is 4.79 Å². The lowest BCUT2D eigenvalue weighted by Gasteiger charge is -2.46. The van der Waals surface area contributed by atoms with Crippen molar-refractivity contribution < 1.29 is 14.6 Å². The molecule has 1 amide bonds. The van der Waals surface area contributed by atoms with Crippen molar-refractivity contribution in [2.24, 2.45) is 5.73 Å². The highest BCUT2D eigenvalue weighted by Crippen LogP contribution is 2.38. The summed E-state index contributed by atoms with van der Waals surface area (Å²) < 4.78 is 5.26. The molecule has 0 aromatic heterocycles. The Balaban J connectivity index is 2.59. The number of ether oxygens (including phenoxy) is 1. The van der Waals surface area contributed by atoms with Crippen LogP contribution in [0.2, 0.25) is 0 Å². The number of nitrogens with one attached hydrogen (secondary N) is 1. The molecule has 0 spiro atoms. The van der Waals surface area contributed by atoms with Gasteiger partial charge in [-0.3, -0.25) is 0 Å². The number of hydrogen-bond acceptors (Lipinski definition) is 4. The molecule has 1 atom stereocenters. The number of carbonyl (C=O) groups excluding carboxylic acids is 1. The minimum atomic E-state index is -0.671. The van der Waals surface area contributed by atoms with E-state index in [-0.39, 0.29) is 12.1 Å². The van der Waals surface area contributed by atoms with E-state index in [1.807, 2.05) is 20.8 Å². The number of aliphatic hydroxyl groups excluding tert-OH is 1. The van der Waals surface area contributed by atoms with Crippen LogP contribution in [0.15, 0.2) is 0 Å². The van der Waals surface area contributed by atoms with E-state index >= 15 is 0 Å². The van der Waals surface area contributed by atoms with Crippen molar-refractivity contribution in [1.29, 1.82) is 0 Å². The Hall–Kier alpha value is -0.810. The molecule has 1 aliphatic rings. The van der Waals surface area contributed by atoms with E-state index in [2.05, 4.69) is 5.32 Å². The van der Waals surface area contributed by atoms with Crippen molar-refractivity contribution in [3.8, 4) is 0 Å². The van der Waals surface area contributed by atoms with Crippen molar-refractivity contribution in [2.45, 2.75) is 70.1 Å². The van der Waals surface area contributed by atoms with Crippen LogP contribution in [-0.2, 0) is 4.74 Å². The second kappa shape index (κ2) is 5.05. The van der Waals surface area contributed by atoms with E-state index in [0.717, 1.165) is 19.3 Å². The van der Waals surface area contributed by atoms with Crippen LogP contribution in [0.3, 0.4) is 0 Å². The fraction of sp³-hybridized carbons (Fsp3) is 0.923. The van der Waals surface area contributed by atoms with Crippen LogP contribution >= 0.6 is 0 Å². The maximum absolute atomic E-state index is 11.8. The number of carbonyl (C=O) groups is 1. The third-order valence-electron chi connectivity index (χ3n) is 3.18. The SMILES string of the molecule is CC(N)(CO)CC1(NC(=O)OC(C)(C)C)CCC1. The fourth-order valence-corrected chi connectivity index (χ4v) is 2.30. The molecule has 1 saturated carbocycles. The van der Waals surface area contributed by atoms with Gasteiger partial charge < -0.3 is 20.9 Å². The molecular formula is C13H26N2O3. The molecule has 0 aromatic rings. The molecule has 0 saturated heterocycles. The van der Waals surface area contributed by atoms with E-state index in [1.54, 1.807) is 6.92 Å². The van der Waals surface area contributed by atoms with Crippen LogP contribution in [0.1, 0.15) is 53.4 Å². The molecule has 18 heavy (non-hydrogen) atoms. The molecule has 4 N–H and O–H groups in total. The van der Waals surface area contributed by atoms with Gasteiger partial charge in [0.25, 0.3) is 0 Å². The van der Waals surface area contributed by atoms with E-state index in [0.29, 0.717) is 6.42 Å². The first kappa shape index (κ1) is 15.2.